The number of rotatable bonds is 2. The van der Waals surface area contributed by atoms with Gasteiger partial charge in [0.2, 0.25) is 0 Å². The number of carboxylic acid groups (broad SMARTS) is 1. The van der Waals surface area contributed by atoms with E-state index in [0.29, 0.717) is 6.42 Å². The van der Waals surface area contributed by atoms with Gasteiger partial charge < -0.3 is 5.11 Å². The third-order valence-electron chi connectivity index (χ3n) is 2.82. The Morgan fingerprint density at radius 1 is 1.62 bits per heavy atom. The minimum Gasteiger partial charge on any atom is -0.481 e. The SMILES string of the molecule is C=C(C)[C@H]1CC(=O)[C@@H](C)[C@@H]1C(=O)O. The molecule has 3 nitrogen and oxygen atoms in total. The van der Waals surface area contributed by atoms with Crippen molar-refractivity contribution in [2.24, 2.45) is 17.8 Å². The predicted molar refractivity (Wildman–Crippen MR) is 48.2 cm³/mol. The molecule has 1 rings (SSSR count). The van der Waals surface area contributed by atoms with Crippen molar-refractivity contribution in [3.8, 4) is 0 Å². The molecule has 0 radical (unpaired) electrons. The molecule has 1 aliphatic carbocycles. The van der Waals surface area contributed by atoms with Gasteiger partial charge in [0.1, 0.15) is 5.78 Å². The normalized spacial score (nSPS) is 33.4. The van der Waals surface area contributed by atoms with Crippen LogP contribution < -0.4 is 0 Å². The summed E-state index contributed by atoms with van der Waals surface area (Å²) in [6, 6.07) is 0. The lowest BCUT2D eigenvalue weighted by atomic mass is 9.86. The summed E-state index contributed by atoms with van der Waals surface area (Å²) in [5.74, 6) is -1.93. The van der Waals surface area contributed by atoms with Gasteiger partial charge in [-0.25, -0.2) is 0 Å². The van der Waals surface area contributed by atoms with Crippen molar-refractivity contribution in [2.75, 3.05) is 0 Å². The fraction of sp³-hybridized carbons (Fsp3) is 0.600. The standard InChI is InChI=1S/C10H14O3/c1-5(2)7-4-8(11)6(3)9(7)10(12)13/h6-7,9H,1,4H2,2-3H3,(H,12,13)/t6-,7-,9+/m1/s1. The number of hydrogen-bond donors (Lipinski definition) is 1. The Morgan fingerprint density at radius 2 is 2.15 bits per heavy atom. The summed E-state index contributed by atoms with van der Waals surface area (Å²) in [7, 11) is 0. The number of carboxylic acids is 1. The Balaban J connectivity index is 2.93. The lowest BCUT2D eigenvalue weighted by Gasteiger charge is -2.16. The summed E-state index contributed by atoms with van der Waals surface area (Å²) < 4.78 is 0. The molecule has 0 spiro atoms. The quantitative estimate of drug-likeness (QED) is 0.658. The van der Waals surface area contributed by atoms with Gasteiger partial charge in [0.15, 0.2) is 0 Å². The molecule has 0 aromatic carbocycles. The molecule has 1 saturated carbocycles. The second kappa shape index (κ2) is 3.32. The molecule has 0 heterocycles. The molecule has 1 N–H and O–H groups in total. The molecular weight excluding hydrogens is 168 g/mol. The number of Topliss-reactive ketones (excluding diaryl/α,β-unsaturated/α-hetero) is 1. The van der Waals surface area contributed by atoms with Crippen molar-refractivity contribution in [3.05, 3.63) is 12.2 Å². The third kappa shape index (κ3) is 1.64. The van der Waals surface area contributed by atoms with Gasteiger partial charge in [-0.1, -0.05) is 19.1 Å². The molecule has 0 unspecified atom stereocenters. The number of aliphatic carboxylic acids is 1. The molecule has 3 heteroatoms. The Kier molecular flexibility index (Phi) is 2.55. The summed E-state index contributed by atoms with van der Waals surface area (Å²) in [5.41, 5.74) is 0.796. The first-order valence-corrected chi connectivity index (χ1v) is 4.36. The second-order valence-corrected chi connectivity index (χ2v) is 3.78. The van der Waals surface area contributed by atoms with E-state index in [9.17, 15) is 9.59 Å². The molecule has 0 amide bonds. The van der Waals surface area contributed by atoms with Gasteiger partial charge in [-0.3, -0.25) is 9.59 Å². The summed E-state index contributed by atoms with van der Waals surface area (Å²) in [5, 5.41) is 8.93. The smallest absolute Gasteiger partial charge is 0.307 e. The predicted octanol–water partition coefficient (Wildman–Crippen LogP) is 1.49. The van der Waals surface area contributed by atoms with Gasteiger partial charge in [-0.15, -0.1) is 0 Å². The van der Waals surface area contributed by atoms with Crippen LogP contribution >= 0.6 is 0 Å². The topological polar surface area (TPSA) is 54.4 Å². The van der Waals surface area contributed by atoms with Crippen LogP contribution in [0.5, 0.6) is 0 Å². The highest BCUT2D eigenvalue weighted by molar-refractivity contribution is 5.90. The summed E-state index contributed by atoms with van der Waals surface area (Å²) in [6.45, 7) is 7.19. The molecule has 3 atom stereocenters. The maximum Gasteiger partial charge on any atom is 0.307 e. The van der Waals surface area contributed by atoms with Crippen LogP contribution in [-0.2, 0) is 9.59 Å². The molecule has 72 valence electrons. The highest BCUT2D eigenvalue weighted by atomic mass is 16.4. The fourth-order valence-electron chi connectivity index (χ4n) is 1.95. The van der Waals surface area contributed by atoms with E-state index in [1.165, 1.54) is 0 Å². The van der Waals surface area contributed by atoms with Gasteiger partial charge in [-0.2, -0.15) is 0 Å². The fourth-order valence-corrected chi connectivity index (χ4v) is 1.95. The first-order chi connectivity index (χ1) is 5.95. The van der Waals surface area contributed by atoms with Crippen molar-refractivity contribution in [1.29, 1.82) is 0 Å². The molecule has 0 saturated heterocycles. The van der Waals surface area contributed by atoms with E-state index in [2.05, 4.69) is 6.58 Å². The summed E-state index contributed by atoms with van der Waals surface area (Å²) in [4.78, 5) is 22.2. The van der Waals surface area contributed by atoms with Crippen molar-refractivity contribution in [2.45, 2.75) is 20.3 Å². The van der Waals surface area contributed by atoms with Crippen LogP contribution in [0.1, 0.15) is 20.3 Å². The highest BCUT2D eigenvalue weighted by Gasteiger charge is 2.44. The first-order valence-electron chi connectivity index (χ1n) is 4.36. The van der Waals surface area contributed by atoms with Crippen molar-refractivity contribution in [1.82, 2.24) is 0 Å². The van der Waals surface area contributed by atoms with Crippen LogP contribution in [0.2, 0.25) is 0 Å². The highest BCUT2D eigenvalue weighted by Crippen LogP contribution is 2.38. The van der Waals surface area contributed by atoms with Crippen molar-refractivity contribution >= 4 is 11.8 Å². The van der Waals surface area contributed by atoms with Gasteiger partial charge in [0.25, 0.3) is 0 Å². The number of ketones is 1. The van der Waals surface area contributed by atoms with E-state index in [0.717, 1.165) is 5.57 Å². The monoisotopic (exact) mass is 182 g/mol. The third-order valence-corrected chi connectivity index (χ3v) is 2.82. The molecule has 0 aromatic rings. The maximum atomic E-state index is 11.3. The number of allylic oxidation sites excluding steroid dienone is 1. The van der Waals surface area contributed by atoms with Crippen molar-refractivity contribution in [3.63, 3.8) is 0 Å². The summed E-state index contributed by atoms with van der Waals surface area (Å²) >= 11 is 0. The van der Waals surface area contributed by atoms with E-state index in [4.69, 9.17) is 5.11 Å². The van der Waals surface area contributed by atoms with Crippen LogP contribution in [0.4, 0.5) is 0 Å². The average Bonchev–Trinajstić information content (AvgIpc) is 2.28. The molecule has 13 heavy (non-hydrogen) atoms. The van der Waals surface area contributed by atoms with Crippen LogP contribution in [0, 0.1) is 17.8 Å². The van der Waals surface area contributed by atoms with E-state index in [-0.39, 0.29) is 17.6 Å². The zero-order valence-electron chi connectivity index (χ0n) is 7.91. The maximum absolute atomic E-state index is 11.3. The van der Waals surface area contributed by atoms with Gasteiger partial charge in [0, 0.05) is 18.3 Å². The molecule has 0 bridgehead atoms. The first kappa shape index (κ1) is 9.96. The van der Waals surface area contributed by atoms with E-state index in [1.54, 1.807) is 13.8 Å². The van der Waals surface area contributed by atoms with Crippen LogP contribution in [-0.4, -0.2) is 16.9 Å². The molecule has 1 aliphatic rings. The molecular formula is C10H14O3. The van der Waals surface area contributed by atoms with Crippen LogP contribution in [0.25, 0.3) is 0 Å². The Labute approximate surface area is 77.4 Å². The van der Waals surface area contributed by atoms with Crippen LogP contribution in [0.15, 0.2) is 12.2 Å². The van der Waals surface area contributed by atoms with E-state index < -0.39 is 11.9 Å². The Hall–Kier alpha value is -1.12. The zero-order valence-corrected chi connectivity index (χ0v) is 7.91. The second-order valence-electron chi connectivity index (χ2n) is 3.78. The lowest BCUT2D eigenvalue weighted by Crippen LogP contribution is -2.24. The average molecular weight is 182 g/mol. The Morgan fingerprint density at radius 3 is 2.46 bits per heavy atom. The van der Waals surface area contributed by atoms with E-state index in [1.807, 2.05) is 0 Å². The lowest BCUT2D eigenvalue weighted by molar-refractivity contribution is -0.144. The molecule has 1 fully saturated rings. The molecule has 0 aromatic heterocycles. The largest absolute Gasteiger partial charge is 0.481 e. The van der Waals surface area contributed by atoms with Gasteiger partial charge in [0.05, 0.1) is 5.92 Å². The number of hydrogen-bond acceptors (Lipinski definition) is 2. The minimum absolute atomic E-state index is 0.0420. The number of carbonyl (C=O) groups is 2. The van der Waals surface area contributed by atoms with Crippen molar-refractivity contribution < 1.29 is 14.7 Å². The van der Waals surface area contributed by atoms with Gasteiger partial charge >= 0.3 is 5.97 Å². The Bertz CT molecular complexity index is 267. The number of carbonyl (C=O) groups excluding carboxylic acids is 1. The minimum atomic E-state index is -0.883. The zero-order chi connectivity index (χ0) is 10.2. The van der Waals surface area contributed by atoms with Crippen LogP contribution in [0.3, 0.4) is 0 Å². The van der Waals surface area contributed by atoms with Gasteiger partial charge in [-0.05, 0) is 6.92 Å². The molecule has 0 aliphatic heterocycles. The summed E-state index contributed by atoms with van der Waals surface area (Å²) in [6.07, 6.45) is 0.341. The van der Waals surface area contributed by atoms with E-state index >= 15 is 0 Å².